The SMILES string of the molecule is c1cc(N2CCCCC2)ccc1CNC1CCN(C2CC2)C1. The molecule has 2 saturated heterocycles. The lowest BCUT2D eigenvalue weighted by Crippen LogP contribution is -2.33. The third-order valence-corrected chi connectivity index (χ3v) is 5.54. The molecule has 0 amide bonds. The van der Waals surface area contributed by atoms with E-state index < -0.39 is 0 Å². The highest BCUT2D eigenvalue weighted by molar-refractivity contribution is 5.47. The van der Waals surface area contributed by atoms with Gasteiger partial charge >= 0.3 is 0 Å². The standard InChI is InChI=1S/C19H29N3/c1-2-11-21(12-3-1)18-6-4-16(5-7-18)14-20-17-10-13-22(15-17)19-8-9-19/h4-7,17,19-20H,1-3,8-15H2. The Morgan fingerprint density at radius 1 is 0.909 bits per heavy atom. The molecule has 120 valence electrons. The van der Waals surface area contributed by atoms with Gasteiger partial charge < -0.3 is 10.2 Å². The van der Waals surface area contributed by atoms with Gasteiger partial charge in [-0.15, -0.1) is 0 Å². The number of nitrogens with one attached hydrogen (secondary N) is 1. The predicted octanol–water partition coefficient (Wildman–Crippen LogP) is 3.00. The van der Waals surface area contributed by atoms with Crippen LogP contribution in [0.3, 0.4) is 0 Å². The maximum Gasteiger partial charge on any atom is 0.0366 e. The van der Waals surface area contributed by atoms with Crippen molar-refractivity contribution in [1.29, 1.82) is 0 Å². The van der Waals surface area contributed by atoms with E-state index in [0.717, 1.165) is 12.6 Å². The van der Waals surface area contributed by atoms with Crippen molar-refractivity contribution in [1.82, 2.24) is 10.2 Å². The van der Waals surface area contributed by atoms with E-state index in [9.17, 15) is 0 Å². The zero-order chi connectivity index (χ0) is 14.8. The maximum atomic E-state index is 3.75. The van der Waals surface area contributed by atoms with Crippen LogP contribution in [0.4, 0.5) is 5.69 Å². The summed E-state index contributed by atoms with van der Waals surface area (Å²) in [5, 5.41) is 3.75. The Bertz CT molecular complexity index is 474. The fraction of sp³-hybridized carbons (Fsp3) is 0.684. The fourth-order valence-electron chi connectivity index (χ4n) is 3.96. The highest BCUT2D eigenvalue weighted by Crippen LogP contribution is 2.29. The Morgan fingerprint density at radius 2 is 1.68 bits per heavy atom. The summed E-state index contributed by atoms with van der Waals surface area (Å²) in [5.41, 5.74) is 2.83. The molecule has 3 aliphatic rings. The Morgan fingerprint density at radius 3 is 2.41 bits per heavy atom. The van der Waals surface area contributed by atoms with Gasteiger partial charge in [-0.1, -0.05) is 12.1 Å². The van der Waals surface area contributed by atoms with Crippen molar-refractivity contribution in [2.24, 2.45) is 0 Å². The van der Waals surface area contributed by atoms with E-state index in [1.807, 2.05) is 0 Å². The molecule has 1 saturated carbocycles. The number of likely N-dealkylation sites (tertiary alicyclic amines) is 1. The summed E-state index contributed by atoms with van der Waals surface area (Å²) >= 11 is 0. The van der Waals surface area contributed by atoms with Crippen molar-refractivity contribution < 1.29 is 0 Å². The van der Waals surface area contributed by atoms with Gasteiger partial charge in [-0.3, -0.25) is 4.90 Å². The Balaban J connectivity index is 1.26. The maximum absolute atomic E-state index is 3.75. The van der Waals surface area contributed by atoms with E-state index in [-0.39, 0.29) is 0 Å². The van der Waals surface area contributed by atoms with Gasteiger partial charge in [0.2, 0.25) is 0 Å². The van der Waals surface area contributed by atoms with Crippen LogP contribution in [-0.2, 0) is 6.54 Å². The third kappa shape index (κ3) is 3.47. The Kier molecular flexibility index (Phi) is 4.35. The summed E-state index contributed by atoms with van der Waals surface area (Å²) in [4.78, 5) is 5.21. The van der Waals surface area contributed by atoms with Crippen molar-refractivity contribution in [2.75, 3.05) is 31.1 Å². The van der Waals surface area contributed by atoms with Crippen LogP contribution in [0.25, 0.3) is 0 Å². The third-order valence-electron chi connectivity index (χ3n) is 5.54. The lowest BCUT2D eigenvalue weighted by atomic mass is 10.1. The molecule has 3 nitrogen and oxygen atoms in total. The number of hydrogen-bond donors (Lipinski definition) is 1. The highest BCUT2D eigenvalue weighted by Gasteiger charge is 2.33. The zero-order valence-corrected chi connectivity index (χ0v) is 13.6. The highest BCUT2D eigenvalue weighted by atomic mass is 15.2. The van der Waals surface area contributed by atoms with Crippen LogP contribution in [0.2, 0.25) is 0 Å². The number of benzene rings is 1. The quantitative estimate of drug-likeness (QED) is 0.901. The molecule has 1 unspecified atom stereocenters. The first-order valence-electron chi connectivity index (χ1n) is 9.20. The van der Waals surface area contributed by atoms with Crippen LogP contribution in [0.15, 0.2) is 24.3 Å². The van der Waals surface area contributed by atoms with E-state index in [4.69, 9.17) is 0 Å². The molecular weight excluding hydrogens is 270 g/mol. The largest absolute Gasteiger partial charge is 0.372 e. The topological polar surface area (TPSA) is 18.5 Å². The molecule has 1 aromatic carbocycles. The van der Waals surface area contributed by atoms with E-state index in [0.29, 0.717) is 6.04 Å². The molecular formula is C19H29N3. The van der Waals surface area contributed by atoms with E-state index in [1.54, 1.807) is 0 Å². The predicted molar refractivity (Wildman–Crippen MR) is 92.3 cm³/mol. The fourth-order valence-corrected chi connectivity index (χ4v) is 3.96. The van der Waals surface area contributed by atoms with Gasteiger partial charge in [-0.05, 0) is 56.2 Å². The van der Waals surface area contributed by atoms with Crippen molar-refractivity contribution in [3.63, 3.8) is 0 Å². The summed E-state index contributed by atoms with van der Waals surface area (Å²) < 4.78 is 0. The monoisotopic (exact) mass is 299 g/mol. The molecule has 1 aromatic rings. The summed E-state index contributed by atoms with van der Waals surface area (Å²) in [5.74, 6) is 0. The number of hydrogen-bond acceptors (Lipinski definition) is 3. The Hall–Kier alpha value is -1.06. The van der Waals surface area contributed by atoms with Crippen LogP contribution in [0.5, 0.6) is 0 Å². The molecule has 0 aromatic heterocycles. The molecule has 1 N–H and O–H groups in total. The molecule has 22 heavy (non-hydrogen) atoms. The van der Waals surface area contributed by atoms with Gasteiger partial charge in [-0.25, -0.2) is 0 Å². The van der Waals surface area contributed by atoms with E-state index in [2.05, 4.69) is 39.4 Å². The van der Waals surface area contributed by atoms with Crippen molar-refractivity contribution in [3.05, 3.63) is 29.8 Å². The van der Waals surface area contributed by atoms with Crippen LogP contribution in [0.1, 0.15) is 44.1 Å². The minimum atomic E-state index is 0.697. The van der Waals surface area contributed by atoms with E-state index >= 15 is 0 Å². The number of rotatable bonds is 5. The molecule has 3 fully saturated rings. The number of nitrogens with zero attached hydrogens (tertiary/aromatic N) is 2. The first kappa shape index (κ1) is 14.5. The molecule has 2 aliphatic heterocycles. The molecule has 2 heterocycles. The minimum Gasteiger partial charge on any atom is -0.372 e. The summed E-state index contributed by atoms with van der Waals surface area (Å²) in [6.07, 6.45) is 8.29. The summed E-state index contributed by atoms with van der Waals surface area (Å²) in [7, 11) is 0. The van der Waals surface area contributed by atoms with Gasteiger partial charge in [-0.2, -0.15) is 0 Å². The second kappa shape index (κ2) is 6.59. The molecule has 3 heteroatoms. The molecule has 0 bridgehead atoms. The van der Waals surface area contributed by atoms with Gasteiger partial charge in [0, 0.05) is 50.5 Å². The molecule has 0 spiro atoms. The first-order valence-corrected chi connectivity index (χ1v) is 9.20. The average molecular weight is 299 g/mol. The molecule has 1 atom stereocenters. The van der Waals surface area contributed by atoms with Crippen molar-refractivity contribution in [3.8, 4) is 0 Å². The van der Waals surface area contributed by atoms with Crippen LogP contribution < -0.4 is 10.2 Å². The first-order chi connectivity index (χ1) is 10.9. The molecule has 4 rings (SSSR count). The molecule has 1 aliphatic carbocycles. The minimum absolute atomic E-state index is 0.697. The second-order valence-corrected chi connectivity index (χ2v) is 7.31. The summed E-state index contributed by atoms with van der Waals surface area (Å²) in [6, 6.07) is 10.9. The van der Waals surface area contributed by atoms with Gasteiger partial charge in [0.25, 0.3) is 0 Å². The van der Waals surface area contributed by atoms with Crippen LogP contribution >= 0.6 is 0 Å². The van der Waals surface area contributed by atoms with Crippen molar-refractivity contribution in [2.45, 2.75) is 57.2 Å². The number of anilines is 1. The average Bonchev–Trinajstić information content (AvgIpc) is 3.33. The van der Waals surface area contributed by atoms with Crippen molar-refractivity contribution >= 4 is 5.69 Å². The van der Waals surface area contributed by atoms with Gasteiger partial charge in [0.05, 0.1) is 0 Å². The second-order valence-electron chi connectivity index (χ2n) is 7.31. The van der Waals surface area contributed by atoms with Gasteiger partial charge in [0.1, 0.15) is 0 Å². The Labute approximate surface area is 134 Å². The normalized spacial score (nSPS) is 26.5. The van der Waals surface area contributed by atoms with E-state index in [1.165, 1.54) is 76.0 Å². The molecule has 0 radical (unpaired) electrons. The summed E-state index contributed by atoms with van der Waals surface area (Å²) in [6.45, 7) is 6.05. The van der Waals surface area contributed by atoms with Crippen LogP contribution in [0, 0.1) is 0 Å². The lowest BCUT2D eigenvalue weighted by molar-refractivity contribution is 0.317. The number of piperidine rings is 1. The van der Waals surface area contributed by atoms with Gasteiger partial charge in [0.15, 0.2) is 0 Å². The zero-order valence-electron chi connectivity index (χ0n) is 13.6. The lowest BCUT2D eigenvalue weighted by Gasteiger charge is -2.29. The van der Waals surface area contributed by atoms with Crippen LogP contribution in [-0.4, -0.2) is 43.2 Å². The smallest absolute Gasteiger partial charge is 0.0366 e.